The van der Waals surface area contributed by atoms with Crippen molar-refractivity contribution in [1.82, 2.24) is 0 Å². The summed E-state index contributed by atoms with van der Waals surface area (Å²) in [6.07, 6.45) is 0.806. The van der Waals surface area contributed by atoms with Gasteiger partial charge in [0.05, 0.1) is 5.02 Å². The Morgan fingerprint density at radius 3 is 2.25 bits per heavy atom. The molecular formula is C13H9ClF2O4. The van der Waals surface area contributed by atoms with E-state index in [2.05, 4.69) is 0 Å². The van der Waals surface area contributed by atoms with Gasteiger partial charge in [0.15, 0.2) is 11.6 Å². The van der Waals surface area contributed by atoms with Crippen molar-refractivity contribution in [2.75, 3.05) is 0 Å². The van der Waals surface area contributed by atoms with Crippen LogP contribution in [0.1, 0.15) is 19.4 Å². The van der Waals surface area contributed by atoms with Crippen molar-refractivity contribution in [3.8, 4) is 0 Å². The van der Waals surface area contributed by atoms with E-state index in [1.54, 1.807) is 0 Å². The van der Waals surface area contributed by atoms with Gasteiger partial charge in [-0.25, -0.2) is 18.4 Å². The van der Waals surface area contributed by atoms with Crippen LogP contribution in [-0.2, 0) is 19.1 Å². The zero-order valence-corrected chi connectivity index (χ0v) is 11.3. The van der Waals surface area contributed by atoms with Gasteiger partial charge in [-0.15, -0.1) is 0 Å². The second-order valence-corrected chi connectivity index (χ2v) is 4.90. The van der Waals surface area contributed by atoms with E-state index in [1.165, 1.54) is 13.8 Å². The summed E-state index contributed by atoms with van der Waals surface area (Å²) < 4.78 is 36.4. The molecular weight excluding hydrogens is 294 g/mol. The summed E-state index contributed by atoms with van der Waals surface area (Å²) in [5, 5.41) is -0.151. The van der Waals surface area contributed by atoms with Gasteiger partial charge in [0.25, 0.3) is 5.79 Å². The van der Waals surface area contributed by atoms with E-state index < -0.39 is 40.5 Å². The zero-order chi connectivity index (χ0) is 15.1. The third-order valence-electron chi connectivity index (χ3n) is 2.48. The van der Waals surface area contributed by atoms with E-state index in [1.807, 2.05) is 0 Å². The fourth-order valence-corrected chi connectivity index (χ4v) is 1.80. The van der Waals surface area contributed by atoms with E-state index in [-0.39, 0.29) is 5.02 Å². The maximum atomic E-state index is 13.6. The number of cyclic esters (lactones) is 2. The minimum atomic E-state index is -1.41. The molecule has 0 bridgehead atoms. The highest BCUT2D eigenvalue weighted by Crippen LogP contribution is 2.28. The fourth-order valence-electron chi connectivity index (χ4n) is 1.60. The molecule has 0 aromatic heterocycles. The van der Waals surface area contributed by atoms with Gasteiger partial charge in [-0.3, -0.25) is 0 Å². The Kier molecular flexibility index (Phi) is 3.52. The van der Waals surface area contributed by atoms with Crippen LogP contribution in [-0.4, -0.2) is 17.7 Å². The van der Waals surface area contributed by atoms with Crippen LogP contribution in [0.5, 0.6) is 0 Å². The van der Waals surface area contributed by atoms with E-state index in [4.69, 9.17) is 21.1 Å². The lowest BCUT2D eigenvalue weighted by Gasteiger charge is -2.29. The Hall–Kier alpha value is -1.95. The van der Waals surface area contributed by atoms with Crippen LogP contribution in [0.25, 0.3) is 6.08 Å². The minimum absolute atomic E-state index is 0.151. The lowest BCUT2D eigenvalue weighted by molar-refractivity contribution is -0.222. The lowest BCUT2D eigenvalue weighted by Crippen LogP contribution is -2.41. The predicted molar refractivity (Wildman–Crippen MR) is 65.6 cm³/mol. The molecule has 0 N–H and O–H groups in total. The first-order chi connectivity index (χ1) is 9.21. The lowest BCUT2D eigenvalue weighted by atomic mass is 10.1. The van der Waals surface area contributed by atoms with E-state index in [0.29, 0.717) is 0 Å². The van der Waals surface area contributed by atoms with Crippen molar-refractivity contribution < 1.29 is 27.8 Å². The summed E-state index contributed by atoms with van der Waals surface area (Å²) in [5.74, 6) is -5.82. The topological polar surface area (TPSA) is 52.6 Å². The average molecular weight is 303 g/mol. The molecule has 1 aliphatic heterocycles. The van der Waals surface area contributed by atoms with Crippen LogP contribution in [0.2, 0.25) is 5.02 Å². The Labute approximate surface area is 117 Å². The predicted octanol–water partition coefficient (Wildman–Crippen LogP) is 2.84. The van der Waals surface area contributed by atoms with E-state index >= 15 is 0 Å². The van der Waals surface area contributed by atoms with Crippen molar-refractivity contribution in [2.24, 2.45) is 0 Å². The van der Waals surface area contributed by atoms with Gasteiger partial charge >= 0.3 is 11.9 Å². The van der Waals surface area contributed by atoms with E-state index in [9.17, 15) is 18.4 Å². The minimum Gasteiger partial charge on any atom is -0.419 e. The van der Waals surface area contributed by atoms with Crippen molar-refractivity contribution >= 4 is 29.6 Å². The quantitative estimate of drug-likeness (QED) is 0.346. The summed E-state index contributed by atoms with van der Waals surface area (Å²) in [6, 6.07) is 1.94. The molecule has 1 saturated heterocycles. The monoisotopic (exact) mass is 302 g/mol. The number of ether oxygens (including phenoxy) is 2. The number of esters is 2. The highest BCUT2D eigenvalue weighted by atomic mass is 35.5. The van der Waals surface area contributed by atoms with E-state index in [0.717, 1.165) is 18.2 Å². The fraction of sp³-hybridized carbons (Fsp3) is 0.231. The molecule has 1 fully saturated rings. The molecule has 1 heterocycles. The van der Waals surface area contributed by atoms with Crippen molar-refractivity contribution in [3.63, 3.8) is 0 Å². The highest BCUT2D eigenvalue weighted by Gasteiger charge is 2.39. The molecule has 7 heteroatoms. The zero-order valence-electron chi connectivity index (χ0n) is 10.5. The average Bonchev–Trinajstić information content (AvgIpc) is 2.31. The molecule has 0 amide bonds. The largest absolute Gasteiger partial charge is 0.419 e. The summed E-state index contributed by atoms with van der Waals surface area (Å²) >= 11 is 5.72. The number of halogens is 3. The maximum absolute atomic E-state index is 13.6. The van der Waals surface area contributed by atoms with Crippen LogP contribution in [0.3, 0.4) is 0 Å². The molecule has 106 valence electrons. The summed E-state index contributed by atoms with van der Waals surface area (Å²) in [7, 11) is 0. The maximum Gasteiger partial charge on any atom is 0.348 e. The first-order valence-corrected chi connectivity index (χ1v) is 5.91. The van der Waals surface area contributed by atoms with Crippen LogP contribution in [0.15, 0.2) is 17.7 Å². The van der Waals surface area contributed by atoms with Crippen LogP contribution < -0.4 is 0 Å². The van der Waals surface area contributed by atoms with Crippen molar-refractivity contribution in [2.45, 2.75) is 19.6 Å². The van der Waals surface area contributed by atoms with Gasteiger partial charge in [-0.1, -0.05) is 11.6 Å². The molecule has 4 nitrogen and oxygen atoms in total. The van der Waals surface area contributed by atoms with Crippen molar-refractivity contribution in [1.29, 1.82) is 0 Å². The number of carbonyl (C=O) groups is 2. The van der Waals surface area contributed by atoms with Gasteiger partial charge in [0.2, 0.25) is 0 Å². The molecule has 20 heavy (non-hydrogen) atoms. The van der Waals surface area contributed by atoms with Crippen LogP contribution in [0, 0.1) is 11.6 Å². The van der Waals surface area contributed by atoms with Gasteiger partial charge in [-0.05, 0) is 18.2 Å². The molecule has 0 saturated carbocycles. The Bertz CT molecular complexity index is 616. The van der Waals surface area contributed by atoms with Gasteiger partial charge in [0, 0.05) is 19.4 Å². The first-order valence-electron chi connectivity index (χ1n) is 5.53. The molecule has 0 unspecified atom stereocenters. The van der Waals surface area contributed by atoms with Gasteiger partial charge < -0.3 is 9.47 Å². The Balaban J connectivity index is 2.49. The molecule has 1 aromatic rings. The Morgan fingerprint density at radius 1 is 1.15 bits per heavy atom. The number of carbonyl (C=O) groups excluding carboxylic acids is 2. The number of rotatable bonds is 1. The standard InChI is InChI=1S/C13H9ClF2O4/c1-13(2)19-11(17)7(12(18)20-13)5-6-8(14)3-4-9(15)10(6)16/h3-5H,1-2H3. The molecule has 0 radical (unpaired) electrons. The van der Waals surface area contributed by atoms with Crippen molar-refractivity contribution in [3.05, 3.63) is 39.9 Å². The normalized spacial score (nSPS) is 17.6. The first kappa shape index (κ1) is 14.5. The van der Waals surface area contributed by atoms with Gasteiger partial charge in [-0.2, -0.15) is 0 Å². The molecule has 0 atom stereocenters. The van der Waals surface area contributed by atoms with Gasteiger partial charge in [0.1, 0.15) is 5.57 Å². The summed E-state index contributed by atoms with van der Waals surface area (Å²) in [4.78, 5) is 23.4. The second-order valence-electron chi connectivity index (χ2n) is 4.49. The van der Waals surface area contributed by atoms with Crippen LogP contribution >= 0.6 is 11.6 Å². The SMILES string of the molecule is CC1(C)OC(=O)C(=Cc2c(Cl)ccc(F)c2F)C(=O)O1. The summed E-state index contributed by atoms with van der Waals surface area (Å²) in [6.45, 7) is 2.74. The number of benzene rings is 1. The molecule has 1 aromatic carbocycles. The smallest absolute Gasteiger partial charge is 0.348 e. The molecule has 0 aliphatic carbocycles. The highest BCUT2D eigenvalue weighted by molar-refractivity contribution is 6.32. The molecule has 2 rings (SSSR count). The third kappa shape index (κ3) is 2.65. The number of hydrogen-bond acceptors (Lipinski definition) is 4. The number of hydrogen-bond donors (Lipinski definition) is 0. The molecule has 0 spiro atoms. The Morgan fingerprint density at radius 2 is 1.70 bits per heavy atom. The molecule has 1 aliphatic rings. The second kappa shape index (κ2) is 4.86. The van der Waals surface area contributed by atoms with Crippen LogP contribution in [0.4, 0.5) is 8.78 Å². The summed E-state index contributed by atoms with van der Waals surface area (Å²) in [5.41, 5.74) is -0.981. The third-order valence-corrected chi connectivity index (χ3v) is 2.81.